The van der Waals surface area contributed by atoms with E-state index < -0.39 is 11.9 Å². The Balaban J connectivity index is 0.000000433. The number of rotatable bonds is 7. The van der Waals surface area contributed by atoms with Crippen molar-refractivity contribution in [2.24, 2.45) is 0 Å². The van der Waals surface area contributed by atoms with Gasteiger partial charge < -0.3 is 26.7 Å². The number of esters is 2. The van der Waals surface area contributed by atoms with Crippen LogP contribution in [0.4, 0.5) is 0 Å². The van der Waals surface area contributed by atoms with Crippen molar-refractivity contribution in [1.82, 2.24) is 19.2 Å². The van der Waals surface area contributed by atoms with Crippen LogP contribution in [0.3, 0.4) is 0 Å². The number of carbonyl (C=O) groups is 2. The molecule has 0 unspecified atom stereocenters. The van der Waals surface area contributed by atoms with Gasteiger partial charge in [-0.05, 0) is 48.2 Å². The second kappa shape index (κ2) is 16.4. The minimum atomic E-state index is -0.430. The molecule has 0 spiro atoms. The Morgan fingerprint density at radius 1 is 0.886 bits per heavy atom. The van der Waals surface area contributed by atoms with Crippen molar-refractivity contribution in [1.29, 1.82) is 0 Å². The fourth-order valence-corrected chi connectivity index (χ4v) is 4.41. The van der Waals surface area contributed by atoms with Gasteiger partial charge in [0.05, 0.1) is 43.3 Å². The van der Waals surface area contributed by atoms with E-state index in [1.54, 1.807) is 27.2 Å². The van der Waals surface area contributed by atoms with Crippen LogP contribution in [0.15, 0.2) is 73.6 Å². The Morgan fingerprint density at radius 3 is 1.93 bits per heavy atom. The molecule has 0 amide bonds. The predicted octanol–water partition coefficient (Wildman–Crippen LogP) is 6.77. The van der Waals surface area contributed by atoms with Crippen molar-refractivity contribution < 1.29 is 49.3 Å². The fraction of sp³-hybridized carbons (Fsp3) is 0.242. The van der Waals surface area contributed by atoms with E-state index in [1.165, 1.54) is 26.6 Å². The van der Waals surface area contributed by atoms with E-state index in [1.807, 2.05) is 57.2 Å². The van der Waals surface area contributed by atoms with E-state index in [4.69, 9.17) is 9.47 Å². The maximum absolute atomic E-state index is 11.8. The summed E-state index contributed by atoms with van der Waals surface area (Å²) in [4.78, 5) is 23.4. The molecular weight excluding hydrogens is 655 g/mol. The Kier molecular flexibility index (Phi) is 14.0. The number of aromatic hydroxyl groups is 1. The molecule has 1 N–H and O–H groups in total. The predicted molar refractivity (Wildman–Crippen MR) is 167 cm³/mol. The number of fused-ring (bicyclic) bond motifs is 2. The van der Waals surface area contributed by atoms with Gasteiger partial charge in [0.2, 0.25) is 0 Å². The number of benzene rings is 1. The summed E-state index contributed by atoms with van der Waals surface area (Å²) >= 11 is 0. The van der Waals surface area contributed by atoms with Crippen molar-refractivity contribution in [2.45, 2.75) is 40.7 Å². The standard InChI is InChI=1S/C19H18N2O3.C12H14N2O3.CH4.CH3.Pd/c1-13(2)18-17(24-12-14-7-5-4-6-8-14)10-9-16-15(19(22)23-3)11-20-21(16)18;1-7(2)11-10(15)5-4-9-8(12(16)17-3)6-13-14(9)11;;;/h4-11H,1,12H2,2-3H3;4-7,15H,1-3H3;1H4;1H3;/q;;;-1;. The molecule has 0 saturated heterocycles. The first-order valence-corrected chi connectivity index (χ1v) is 12.9. The Labute approximate surface area is 271 Å². The molecule has 0 aliphatic heterocycles. The molecule has 10 nitrogen and oxygen atoms in total. The van der Waals surface area contributed by atoms with Gasteiger partial charge in [0.15, 0.2) is 0 Å². The molecule has 11 heteroatoms. The van der Waals surface area contributed by atoms with E-state index in [-0.39, 0.29) is 46.9 Å². The maximum atomic E-state index is 11.8. The minimum Gasteiger partial charge on any atom is -0.506 e. The average Bonchev–Trinajstić information content (AvgIpc) is 3.60. The van der Waals surface area contributed by atoms with Gasteiger partial charge >= 0.3 is 11.9 Å². The summed E-state index contributed by atoms with van der Waals surface area (Å²) in [5, 5.41) is 18.2. The molecule has 44 heavy (non-hydrogen) atoms. The summed E-state index contributed by atoms with van der Waals surface area (Å²) in [5.74, 6) is 0.0884. The number of ether oxygens (including phenoxy) is 3. The van der Waals surface area contributed by atoms with Gasteiger partial charge in [-0.15, -0.1) is 0 Å². The van der Waals surface area contributed by atoms with Crippen LogP contribution in [0, 0.1) is 7.43 Å². The van der Waals surface area contributed by atoms with Crippen molar-refractivity contribution in [3.63, 3.8) is 0 Å². The molecule has 0 aliphatic rings. The third-order valence-corrected chi connectivity index (χ3v) is 6.34. The molecule has 5 aromatic rings. The van der Waals surface area contributed by atoms with Gasteiger partial charge in [-0.1, -0.05) is 58.2 Å². The van der Waals surface area contributed by atoms with Crippen LogP contribution in [0.25, 0.3) is 16.6 Å². The molecule has 238 valence electrons. The molecule has 5 rings (SSSR count). The number of carbonyl (C=O) groups excluding carboxylic acids is 2. The molecule has 1 aromatic carbocycles. The molecule has 0 aliphatic carbocycles. The largest absolute Gasteiger partial charge is 0.506 e. The summed E-state index contributed by atoms with van der Waals surface area (Å²) in [6.07, 6.45) is 2.95. The smallest absolute Gasteiger partial charge is 0.341 e. The van der Waals surface area contributed by atoms with E-state index in [2.05, 4.69) is 21.5 Å². The van der Waals surface area contributed by atoms with Crippen molar-refractivity contribution in [3.8, 4) is 11.5 Å². The quantitative estimate of drug-likeness (QED) is 0.113. The summed E-state index contributed by atoms with van der Waals surface area (Å²) in [6.45, 7) is 10.2. The first-order valence-electron chi connectivity index (χ1n) is 12.9. The van der Waals surface area contributed by atoms with Crippen LogP contribution in [0.2, 0.25) is 0 Å². The normalized spacial score (nSPS) is 10.0. The minimum absolute atomic E-state index is 0. The van der Waals surface area contributed by atoms with Crippen molar-refractivity contribution in [3.05, 3.63) is 109 Å². The van der Waals surface area contributed by atoms with E-state index >= 15 is 0 Å². The first-order chi connectivity index (χ1) is 19.7. The monoisotopic (exact) mass is 693 g/mol. The van der Waals surface area contributed by atoms with Gasteiger partial charge in [0.1, 0.15) is 34.9 Å². The molecule has 4 aromatic heterocycles. The first kappa shape index (κ1) is 37.6. The number of allylic oxidation sites excluding steroid dienone is 1. The van der Waals surface area contributed by atoms with E-state index in [0.29, 0.717) is 40.2 Å². The Hall–Kier alpha value is -4.46. The van der Waals surface area contributed by atoms with E-state index in [9.17, 15) is 14.7 Å². The fourth-order valence-electron chi connectivity index (χ4n) is 4.41. The van der Waals surface area contributed by atoms with Gasteiger partial charge in [-0.25, -0.2) is 18.6 Å². The van der Waals surface area contributed by atoms with Crippen LogP contribution in [0.1, 0.15) is 71.8 Å². The SMILES string of the molecule is C.C=C(C)c1c(OCc2ccccc2)ccc2c(C(=O)OC)cnn12.COC(=O)c1cnn2c(C(C)C)c(O)ccc12.[CH3-].[Pd]. The van der Waals surface area contributed by atoms with Crippen LogP contribution >= 0.6 is 0 Å². The number of hydrogen-bond donors (Lipinski definition) is 1. The van der Waals surface area contributed by atoms with Gasteiger partial charge in [0.25, 0.3) is 0 Å². The number of nitrogens with zero attached hydrogens (tertiary/aromatic N) is 4. The third-order valence-electron chi connectivity index (χ3n) is 6.34. The van der Waals surface area contributed by atoms with Gasteiger partial charge in [0, 0.05) is 20.4 Å². The van der Waals surface area contributed by atoms with Crippen molar-refractivity contribution in [2.75, 3.05) is 14.2 Å². The summed E-state index contributed by atoms with van der Waals surface area (Å²) in [7, 11) is 2.68. The zero-order chi connectivity index (χ0) is 29.7. The third kappa shape index (κ3) is 7.73. The topological polar surface area (TPSA) is 117 Å². The molecule has 0 atom stereocenters. The van der Waals surface area contributed by atoms with Crippen LogP contribution in [-0.4, -0.2) is 50.5 Å². The van der Waals surface area contributed by atoms with Gasteiger partial charge in [-0.2, -0.15) is 10.2 Å². The summed E-state index contributed by atoms with van der Waals surface area (Å²) in [5.41, 5.74) is 5.38. The summed E-state index contributed by atoms with van der Waals surface area (Å²) in [6, 6.07) is 16.8. The molecule has 0 radical (unpaired) electrons. The Bertz CT molecular complexity index is 1730. The number of hydrogen-bond acceptors (Lipinski definition) is 8. The molecule has 4 heterocycles. The van der Waals surface area contributed by atoms with Crippen LogP contribution < -0.4 is 4.74 Å². The number of aromatic nitrogens is 4. The molecule has 0 bridgehead atoms. The number of methoxy groups -OCH3 is 2. The average molecular weight is 694 g/mol. The second-order valence-electron chi connectivity index (χ2n) is 9.55. The Morgan fingerprint density at radius 2 is 1.41 bits per heavy atom. The van der Waals surface area contributed by atoms with Crippen molar-refractivity contribution >= 4 is 28.5 Å². The van der Waals surface area contributed by atoms with Gasteiger partial charge in [-0.3, -0.25) is 0 Å². The zero-order valence-electron chi connectivity index (χ0n) is 24.9. The zero-order valence-corrected chi connectivity index (χ0v) is 26.5. The number of pyridine rings is 2. The maximum Gasteiger partial charge on any atom is 0.341 e. The van der Waals surface area contributed by atoms with Crippen LogP contribution in [-0.2, 0) is 36.5 Å². The van der Waals surface area contributed by atoms with Crippen LogP contribution in [0.5, 0.6) is 11.5 Å². The molecule has 0 fully saturated rings. The van der Waals surface area contributed by atoms with E-state index in [0.717, 1.165) is 16.8 Å². The summed E-state index contributed by atoms with van der Waals surface area (Å²) < 4.78 is 18.7. The molecular formula is C33H39N4O6Pd-. The second-order valence-corrected chi connectivity index (χ2v) is 9.55. The molecule has 0 saturated carbocycles.